The van der Waals surface area contributed by atoms with Gasteiger partial charge in [0.05, 0.1) is 30.5 Å². The molecule has 8 heteroatoms. The van der Waals surface area contributed by atoms with E-state index in [1.54, 1.807) is 31.4 Å². The second-order valence-corrected chi connectivity index (χ2v) is 8.15. The molecule has 0 aliphatic carbocycles. The highest BCUT2D eigenvalue weighted by atomic mass is 32.2. The van der Waals surface area contributed by atoms with Crippen molar-refractivity contribution in [2.24, 2.45) is 0 Å². The van der Waals surface area contributed by atoms with E-state index in [4.69, 9.17) is 9.47 Å². The summed E-state index contributed by atoms with van der Waals surface area (Å²) in [5, 5.41) is 3.23. The van der Waals surface area contributed by atoms with Crippen LogP contribution in [0.5, 0.6) is 11.5 Å². The molecule has 0 fully saturated rings. The molecule has 0 aliphatic heterocycles. The standard InChI is InChI=1S/C22H25N3O4S/c1-3-29-20-9-11-21(12-10-20)30(26,27)25-18-6-13-22(24-16-18)23-15-14-17-4-7-19(28-2)8-5-17/h4-13,16,25H,3,14-15H2,1-2H3,(H,23,24). The van der Waals surface area contributed by atoms with E-state index in [1.807, 2.05) is 31.2 Å². The number of sulfonamides is 1. The van der Waals surface area contributed by atoms with Gasteiger partial charge in [0.15, 0.2) is 0 Å². The van der Waals surface area contributed by atoms with E-state index >= 15 is 0 Å². The van der Waals surface area contributed by atoms with Gasteiger partial charge in [-0.15, -0.1) is 0 Å². The fourth-order valence-electron chi connectivity index (χ4n) is 2.78. The van der Waals surface area contributed by atoms with Crippen LogP contribution in [0.3, 0.4) is 0 Å². The number of benzene rings is 2. The zero-order chi connectivity index (χ0) is 21.4. The third-order valence-electron chi connectivity index (χ3n) is 4.34. The molecule has 1 heterocycles. The van der Waals surface area contributed by atoms with Gasteiger partial charge in [0, 0.05) is 6.54 Å². The molecule has 1 aromatic heterocycles. The lowest BCUT2D eigenvalue weighted by atomic mass is 10.1. The monoisotopic (exact) mass is 427 g/mol. The zero-order valence-corrected chi connectivity index (χ0v) is 17.8. The van der Waals surface area contributed by atoms with Crippen LogP contribution in [0.15, 0.2) is 71.8 Å². The van der Waals surface area contributed by atoms with E-state index < -0.39 is 10.0 Å². The topological polar surface area (TPSA) is 89.6 Å². The van der Waals surface area contributed by atoms with Crippen molar-refractivity contribution in [3.05, 3.63) is 72.4 Å². The maximum Gasteiger partial charge on any atom is 0.261 e. The molecule has 7 nitrogen and oxygen atoms in total. The van der Waals surface area contributed by atoms with Crippen LogP contribution in [0.4, 0.5) is 11.5 Å². The van der Waals surface area contributed by atoms with Crippen LogP contribution in [0.25, 0.3) is 0 Å². The van der Waals surface area contributed by atoms with Gasteiger partial charge in [-0.1, -0.05) is 12.1 Å². The van der Waals surface area contributed by atoms with Crippen LogP contribution < -0.4 is 19.5 Å². The highest BCUT2D eigenvalue weighted by Gasteiger charge is 2.14. The molecular weight excluding hydrogens is 402 g/mol. The summed E-state index contributed by atoms with van der Waals surface area (Å²) in [4.78, 5) is 4.44. The molecule has 0 aliphatic rings. The van der Waals surface area contributed by atoms with Crippen molar-refractivity contribution in [2.75, 3.05) is 30.3 Å². The van der Waals surface area contributed by atoms with Crippen molar-refractivity contribution in [3.63, 3.8) is 0 Å². The van der Waals surface area contributed by atoms with Gasteiger partial charge in [0.25, 0.3) is 10.0 Å². The molecular formula is C22H25N3O4S. The molecule has 2 N–H and O–H groups in total. The lowest BCUT2D eigenvalue weighted by Crippen LogP contribution is -2.13. The molecule has 158 valence electrons. The molecule has 0 spiro atoms. The summed E-state index contributed by atoms with van der Waals surface area (Å²) < 4.78 is 38.1. The van der Waals surface area contributed by atoms with Crippen molar-refractivity contribution < 1.29 is 17.9 Å². The molecule has 3 aromatic rings. The minimum atomic E-state index is -3.69. The van der Waals surface area contributed by atoms with E-state index in [9.17, 15) is 8.42 Å². The molecule has 0 saturated heterocycles. The Morgan fingerprint density at radius 1 is 0.933 bits per heavy atom. The molecule has 2 aromatic carbocycles. The van der Waals surface area contributed by atoms with E-state index in [1.165, 1.54) is 23.9 Å². The highest BCUT2D eigenvalue weighted by Crippen LogP contribution is 2.20. The van der Waals surface area contributed by atoms with Gasteiger partial charge >= 0.3 is 0 Å². The summed E-state index contributed by atoms with van der Waals surface area (Å²) in [5.41, 5.74) is 1.58. The van der Waals surface area contributed by atoms with Crippen LogP contribution in [0.2, 0.25) is 0 Å². The Morgan fingerprint density at radius 2 is 1.63 bits per heavy atom. The van der Waals surface area contributed by atoms with Crippen LogP contribution in [0, 0.1) is 0 Å². The second-order valence-electron chi connectivity index (χ2n) is 6.47. The Labute approximate surface area is 177 Å². The number of ether oxygens (including phenoxy) is 2. The number of anilines is 2. The fraction of sp³-hybridized carbons (Fsp3) is 0.227. The van der Waals surface area contributed by atoms with Gasteiger partial charge in [-0.05, 0) is 67.4 Å². The number of methoxy groups -OCH3 is 1. The molecule has 0 amide bonds. The quantitative estimate of drug-likeness (QED) is 0.509. The third-order valence-corrected chi connectivity index (χ3v) is 5.74. The molecule has 0 atom stereocenters. The summed E-state index contributed by atoms with van der Waals surface area (Å²) in [6.07, 6.45) is 2.32. The molecule has 30 heavy (non-hydrogen) atoms. The van der Waals surface area contributed by atoms with Crippen molar-refractivity contribution >= 4 is 21.5 Å². The Bertz CT molecular complexity index is 1040. The maximum absolute atomic E-state index is 12.5. The number of hydrogen-bond donors (Lipinski definition) is 2. The van der Waals surface area contributed by atoms with Crippen LogP contribution in [-0.2, 0) is 16.4 Å². The first-order valence-corrected chi connectivity index (χ1v) is 11.1. The third kappa shape index (κ3) is 5.87. The number of hydrogen-bond acceptors (Lipinski definition) is 6. The van der Waals surface area contributed by atoms with Crippen molar-refractivity contribution in [1.29, 1.82) is 0 Å². The first kappa shape index (κ1) is 21.4. The van der Waals surface area contributed by atoms with Gasteiger partial charge in [-0.3, -0.25) is 4.72 Å². The zero-order valence-electron chi connectivity index (χ0n) is 17.0. The van der Waals surface area contributed by atoms with E-state index in [2.05, 4.69) is 15.0 Å². The summed E-state index contributed by atoms with van der Waals surface area (Å²) >= 11 is 0. The molecule has 0 saturated carbocycles. The number of pyridine rings is 1. The lowest BCUT2D eigenvalue weighted by molar-refractivity contribution is 0.340. The Kier molecular flexibility index (Phi) is 7.13. The predicted molar refractivity (Wildman–Crippen MR) is 118 cm³/mol. The average Bonchev–Trinajstić information content (AvgIpc) is 2.76. The first-order chi connectivity index (χ1) is 14.5. The largest absolute Gasteiger partial charge is 0.497 e. The molecule has 0 radical (unpaired) electrons. The summed E-state index contributed by atoms with van der Waals surface area (Å²) in [6.45, 7) is 3.10. The summed E-state index contributed by atoms with van der Waals surface area (Å²) in [6, 6.07) is 17.6. The number of nitrogens with zero attached hydrogens (tertiary/aromatic N) is 1. The number of rotatable bonds is 10. The molecule has 0 unspecified atom stereocenters. The van der Waals surface area contributed by atoms with Gasteiger partial charge in [0.2, 0.25) is 0 Å². The van der Waals surface area contributed by atoms with Crippen molar-refractivity contribution in [2.45, 2.75) is 18.2 Å². The number of nitrogens with one attached hydrogen (secondary N) is 2. The Balaban J connectivity index is 1.54. The van der Waals surface area contributed by atoms with Crippen LogP contribution in [0.1, 0.15) is 12.5 Å². The molecule has 3 rings (SSSR count). The van der Waals surface area contributed by atoms with E-state index in [0.29, 0.717) is 30.4 Å². The maximum atomic E-state index is 12.5. The van der Waals surface area contributed by atoms with Gasteiger partial charge in [0.1, 0.15) is 17.3 Å². The summed E-state index contributed by atoms with van der Waals surface area (Å²) in [5.74, 6) is 2.13. The van der Waals surface area contributed by atoms with Crippen molar-refractivity contribution in [3.8, 4) is 11.5 Å². The summed E-state index contributed by atoms with van der Waals surface area (Å²) in [7, 11) is -2.05. The highest BCUT2D eigenvalue weighted by molar-refractivity contribution is 7.92. The molecule has 0 bridgehead atoms. The normalized spacial score (nSPS) is 11.0. The van der Waals surface area contributed by atoms with E-state index in [-0.39, 0.29) is 4.90 Å². The van der Waals surface area contributed by atoms with Gasteiger partial charge in [-0.2, -0.15) is 0 Å². The minimum Gasteiger partial charge on any atom is -0.497 e. The van der Waals surface area contributed by atoms with Crippen LogP contribution >= 0.6 is 0 Å². The number of aromatic nitrogens is 1. The van der Waals surface area contributed by atoms with Crippen LogP contribution in [-0.4, -0.2) is 33.7 Å². The Morgan fingerprint density at radius 3 is 2.23 bits per heavy atom. The van der Waals surface area contributed by atoms with Crippen molar-refractivity contribution in [1.82, 2.24) is 4.98 Å². The van der Waals surface area contributed by atoms with Gasteiger partial charge < -0.3 is 14.8 Å². The predicted octanol–water partition coefficient (Wildman–Crippen LogP) is 3.94. The first-order valence-electron chi connectivity index (χ1n) is 9.58. The fourth-order valence-corrected chi connectivity index (χ4v) is 3.82. The Hall–Kier alpha value is -3.26. The smallest absolute Gasteiger partial charge is 0.261 e. The second kappa shape index (κ2) is 9.98. The van der Waals surface area contributed by atoms with Gasteiger partial charge in [-0.25, -0.2) is 13.4 Å². The van der Waals surface area contributed by atoms with E-state index in [0.717, 1.165) is 12.2 Å². The lowest BCUT2D eigenvalue weighted by Gasteiger charge is -2.10. The minimum absolute atomic E-state index is 0.160. The SMILES string of the molecule is CCOc1ccc(S(=O)(=O)Nc2ccc(NCCc3ccc(OC)cc3)nc2)cc1. The average molecular weight is 428 g/mol.